The average Bonchev–Trinajstić information content (AvgIpc) is 3.12. The van der Waals surface area contributed by atoms with Gasteiger partial charge in [-0.1, -0.05) is 6.42 Å². The summed E-state index contributed by atoms with van der Waals surface area (Å²) in [5, 5.41) is 10.4. The average molecular weight is 324 g/mol. The molecule has 0 atom stereocenters. The SMILES string of the molecule is O=C(CCCCCC(=O)Nc1nccs1)Nc1nccs1. The predicted molar refractivity (Wildman–Crippen MR) is 84.6 cm³/mol. The Morgan fingerprint density at radius 2 is 1.33 bits per heavy atom. The van der Waals surface area contributed by atoms with Crippen LogP contribution >= 0.6 is 22.7 Å². The van der Waals surface area contributed by atoms with Gasteiger partial charge in [0, 0.05) is 36.0 Å². The van der Waals surface area contributed by atoms with Crippen molar-refractivity contribution in [3.63, 3.8) is 0 Å². The lowest BCUT2D eigenvalue weighted by Gasteiger charge is -2.03. The summed E-state index contributed by atoms with van der Waals surface area (Å²) in [6.45, 7) is 0. The van der Waals surface area contributed by atoms with Crippen molar-refractivity contribution in [2.24, 2.45) is 0 Å². The first-order valence-corrected chi connectivity index (χ1v) is 8.38. The van der Waals surface area contributed by atoms with E-state index in [1.807, 2.05) is 10.8 Å². The van der Waals surface area contributed by atoms with Gasteiger partial charge in [0.25, 0.3) is 0 Å². The van der Waals surface area contributed by atoms with Gasteiger partial charge >= 0.3 is 0 Å². The number of nitrogens with zero attached hydrogens (tertiary/aromatic N) is 2. The highest BCUT2D eigenvalue weighted by Gasteiger charge is 2.06. The maximum atomic E-state index is 11.6. The molecular weight excluding hydrogens is 308 g/mol. The second-order valence-electron chi connectivity index (χ2n) is 4.33. The molecule has 6 nitrogen and oxygen atoms in total. The van der Waals surface area contributed by atoms with E-state index in [1.54, 1.807) is 12.4 Å². The molecule has 0 saturated heterocycles. The zero-order chi connectivity index (χ0) is 14.9. The third-order valence-corrected chi connectivity index (χ3v) is 4.04. The Hall–Kier alpha value is -1.80. The molecule has 8 heteroatoms. The van der Waals surface area contributed by atoms with Gasteiger partial charge in [-0.3, -0.25) is 9.59 Å². The van der Waals surface area contributed by atoms with E-state index in [0.29, 0.717) is 23.1 Å². The second kappa shape index (κ2) is 8.48. The first-order valence-electron chi connectivity index (χ1n) is 6.63. The number of carbonyl (C=O) groups excluding carboxylic acids is 2. The molecule has 2 amide bonds. The van der Waals surface area contributed by atoms with Crippen molar-refractivity contribution in [2.75, 3.05) is 10.6 Å². The van der Waals surface area contributed by atoms with Gasteiger partial charge in [0.05, 0.1) is 0 Å². The number of hydrogen-bond acceptors (Lipinski definition) is 6. The number of aromatic nitrogens is 2. The molecule has 2 aromatic heterocycles. The molecule has 0 aliphatic carbocycles. The van der Waals surface area contributed by atoms with Crippen molar-refractivity contribution < 1.29 is 9.59 Å². The molecule has 0 aromatic carbocycles. The van der Waals surface area contributed by atoms with Crippen LogP contribution < -0.4 is 10.6 Å². The van der Waals surface area contributed by atoms with Crippen molar-refractivity contribution in [3.8, 4) is 0 Å². The van der Waals surface area contributed by atoms with Crippen LogP contribution in [0.5, 0.6) is 0 Å². The smallest absolute Gasteiger partial charge is 0.226 e. The molecule has 0 aliphatic heterocycles. The molecule has 0 aliphatic rings. The Morgan fingerprint density at radius 1 is 0.857 bits per heavy atom. The lowest BCUT2D eigenvalue weighted by Crippen LogP contribution is -2.12. The molecular formula is C13H16N4O2S2. The van der Waals surface area contributed by atoms with Gasteiger partial charge in [0.1, 0.15) is 0 Å². The van der Waals surface area contributed by atoms with Crippen LogP contribution in [0.1, 0.15) is 32.1 Å². The van der Waals surface area contributed by atoms with Gasteiger partial charge in [0.15, 0.2) is 10.3 Å². The van der Waals surface area contributed by atoms with Crippen molar-refractivity contribution in [1.82, 2.24) is 9.97 Å². The fraction of sp³-hybridized carbons (Fsp3) is 0.385. The molecule has 2 rings (SSSR count). The summed E-state index contributed by atoms with van der Waals surface area (Å²) in [5.41, 5.74) is 0. The lowest BCUT2D eigenvalue weighted by atomic mass is 10.1. The second-order valence-corrected chi connectivity index (χ2v) is 6.12. The number of nitrogens with one attached hydrogen (secondary N) is 2. The normalized spacial score (nSPS) is 10.3. The Labute approximate surface area is 130 Å². The van der Waals surface area contributed by atoms with Crippen molar-refractivity contribution in [3.05, 3.63) is 23.2 Å². The molecule has 112 valence electrons. The number of hydrogen-bond donors (Lipinski definition) is 2. The zero-order valence-corrected chi connectivity index (χ0v) is 13.0. The van der Waals surface area contributed by atoms with E-state index in [9.17, 15) is 9.59 Å². The fourth-order valence-corrected chi connectivity index (χ4v) is 2.77. The number of carbonyl (C=O) groups is 2. The molecule has 0 bridgehead atoms. The Balaban J connectivity index is 1.51. The minimum atomic E-state index is -0.0304. The number of amides is 2. The van der Waals surface area contributed by atoms with Gasteiger partial charge < -0.3 is 10.6 Å². The van der Waals surface area contributed by atoms with Gasteiger partial charge in [-0.15, -0.1) is 22.7 Å². The van der Waals surface area contributed by atoms with E-state index >= 15 is 0 Å². The highest BCUT2D eigenvalue weighted by atomic mass is 32.1. The molecule has 0 radical (unpaired) electrons. The largest absolute Gasteiger partial charge is 0.302 e. The fourth-order valence-electron chi connectivity index (χ4n) is 1.68. The first-order chi connectivity index (χ1) is 10.2. The van der Waals surface area contributed by atoms with E-state index in [1.165, 1.54) is 22.7 Å². The molecule has 2 heterocycles. The summed E-state index contributed by atoms with van der Waals surface area (Å²) in [5.74, 6) is -0.0608. The third-order valence-electron chi connectivity index (χ3n) is 2.67. The third kappa shape index (κ3) is 6.01. The minimum Gasteiger partial charge on any atom is -0.302 e. The van der Waals surface area contributed by atoms with Crippen LogP contribution in [0.15, 0.2) is 23.2 Å². The number of thiazole rings is 2. The van der Waals surface area contributed by atoms with E-state index in [-0.39, 0.29) is 11.8 Å². The summed E-state index contributed by atoms with van der Waals surface area (Å²) in [7, 11) is 0. The predicted octanol–water partition coefficient (Wildman–Crippen LogP) is 3.13. The molecule has 0 fully saturated rings. The van der Waals surface area contributed by atoms with Crippen LogP contribution in [-0.2, 0) is 9.59 Å². The molecule has 21 heavy (non-hydrogen) atoms. The number of unbranched alkanes of at least 4 members (excludes halogenated alkanes) is 2. The van der Waals surface area contributed by atoms with Crippen molar-refractivity contribution in [1.29, 1.82) is 0 Å². The van der Waals surface area contributed by atoms with Crippen LogP contribution in [0, 0.1) is 0 Å². The zero-order valence-electron chi connectivity index (χ0n) is 11.4. The minimum absolute atomic E-state index is 0.0304. The number of anilines is 2. The topological polar surface area (TPSA) is 84.0 Å². The van der Waals surface area contributed by atoms with E-state index < -0.39 is 0 Å². The summed E-state index contributed by atoms with van der Waals surface area (Å²) < 4.78 is 0. The van der Waals surface area contributed by atoms with Crippen LogP contribution in [0.4, 0.5) is 10.3 Å². The molecule has 2 N–H and O–H groups in total. The molecule has 0 saturated carbocycles. The number of rotatable bonds is 8. The van der Waals surface area contributed by atoms with E-state index in [2.05, 4.69) is 20.6 Å². The molecule has 2 aromatic rings. The Morgan fingerprint density at radius 3 is 1.71 bits per heavy atom. The van der Waals surface area contributed by atoms with Crippen LogP contribution in [0.3, 0.4) is 0 Å². The van der Waals surface area contributed by atoms with Crippen LogP contribution in [0.2, 0.25) is 0 Å². The Kier molecular flexibility index (Phi) is 6.29. The maximum Gasteiger partial charge on any atom is 0.226 e. The van der Waals surface area contributed by atoms with Gasteiger partial charge in [-0.2, -0.15) is 0 Å². The van der Waals surface area contributed by atoms with Gasteiger partial charge in [-0.25, -0.2) is 9.97 Å². The van der Waals surface area contributed by atoms with Crippen molar-refractivity contribution in [2.45, 2.75) is 32.1 Å². The van der Waals surface area contributed by atoms with Crippen LogP contribution in [0.25, 0.3) is 0 Å². The maximum absolute atomic E-state index is 11.6. The first kappa shape index (κ1) is 15.6. The quantitative estimate of drug-likeness (QED) is 0.731. The van der Waals surface area contributed by atoms with Crippen molar-refractivity contribution >= 4 is 44.8 Å². The van der Waals surface area contributed by atoms with E-state index in [4.69, 9.17) is 0 Å². The highest BCUT2D eigenvalue weighted by molar-refractivity contribution is 7.14. The molecule has 0 unspecified atom stereocenters. The monoisotopic (exact) mass is 324 g/mol. The van der Waals surface area contributed by atoms with Crippen LogP contribution in [-0.4, -0.2) is 21.8 Å². The highest BCUT2D eigenvalue weighted by Crippen LogP contribution is 2.13. The van der Waals surface area contributed by atoms with Gasteiger partial charge in [0.2, 0.25) is 11.8 Å². The van der Waals surface area contributed by atoms with E-state index in [0.717, 1.165) is 19.3 Å². The summed E-state index contributed by atoms with van der Waals surface area (Å²) in [4.78, 5) is 31.2. The standard InChI is InChI=1S/C13H16N4O2S2/c18-10(16-12-14-6-8-20-12)4-2-1-3-5-11(19)17-13-15-7-9-21-13/h6-9H,1-5H2,(H,14,16,18)(H,15,17,19). The molecule has 0 spiro atoms. The summed E-state index contributed by atoms with van der Waals surface area (Å²) in [6.07, 6.45) is 6.59. The summed E-state index contributed by atoms with van der Waals surface area (Å²) >= 11 is 2.80. The van der Waals surface area contributed by atoms with Gasteiger partial charge in [-0.05, 0) is 12.8 Å². The Bertz CT molecular complexity index is 505. The lowest BCUT2D eigenvalue weighted by molar-refractivity contribution is -0.116. The summed E-state index contributed by atoms with van der Waals surface area (Å²) in [6, 6.07) is 0.